The molecule has 1 rings (SSSR count). The molecule has 1 heterocycles. The lowest BCUT2D eigenvalue weighted by molar-refractivity contribution is -0.148. The van der Waals surface area contributed by atoms with Crippen LogP contribution in [0.15, 0.2) is 12.7 Å². The van der Waals surface area contributed by atoms with Gasteiger partial charge < -0.3 is 19.8 Å². The molecule has 1 saturated heterocycles. The number of carbonyl (C=O) groups excluding carboxylic acids is 1. The molecule has 0 spiro atoms. The monoisotopic (exact) mass is 229 g/mol. The number of β-amino-alcohol motifs (C(OH)–C–C–N with tert-alkyl or cyclic N) is 1. The molecule has 0 aliphatic carbocycles. The van der Waals surface area contributed by atoms with Gasteiger partial charge in [0.1, 0.15) is 6.61 Å². The third-order valence-electron chi connectivity index (χ3n) is 2.48. The molecular formula is C10H15NO5. The molecule has 2 atom stereocenters. The quantitative estimate of drug-likeness (QED) is 0.669. The first-order valence-electron chi connectivity index (χ1n) is 4.99. The Labute approximate surface area is 93.1 Å². The maximum Gasteiger partial charge on any atom is 0.410 e. The van der Waals surface area contributed by atoms with Crippen molar-refractivity contribution in [2.24, 2.45) is 5.92 Å². The van der Waals surface area contributed by atoms with Gasteiger partial charge in [-0.2, -0.15) is 0 Å². The highest BCUT2D eigenvalue weighted by Crippen LogP contribution is 2.18. The summed E-state index contributed by atoms with van der Waals surface area (Å²) < 4.78 is 4.79. The zero-order chi connectivity index (χ0) is 12.1. The molecule has 0 aromatic carbocycles. The minimum absolute atomic E-state index is 0.00700. The van der Waals surface area contributed by atoms with Crippen LogP contribution in [0, 0.1) is 5.92 Å². The van der Waals surface area contributed by atoms with Gasteiger partial charge >= 0.3 is 12.1 Å². The molecule has 1 aliphatic rings. The molecule has 2 N–H and O–H groups in total. The van der Waals surface area contributed by atoms with Gasteiger partial charge in [-0.05, 0) is 6.42 Å². The van der Waals surface area contributed by atoms with Crippen LogP contribution in [0.25, 0.3) is 0 Å². The molecule has 90 valence electrons. The van der Waals surface area contributed by atoms with Gasteiger partial charge in [-0.3, -0.25) is 4.79 Å². The van der Waals surface area contributed by atoms with E-state index in [0.717, 1.165) is 0 Å². The highest BCUT2D eigenvalue weighted by Gasteiger charge is 2.34. The second kappa shape index (κ2) is 5.50. The smallest absolute Gasteiger partial charge is 0.410 e. The number of hydrogen-bond acceptors (Lipinski definition) is 4. The second-order valence-electron chi connectivity index (χ2n) is 3.61. The fourth-order valence-electron chi connectivity index (χ4n) is 1.61. The summed E-state index contributed by atoms with van der Waals surface area (Å²) in [5.74, 6) is -1.84. The Morgan fingerprint density at radius 2 is 2.25 bits per heavy atom. The zero-order valence-corrected chi connectivity index (χ0v) is 8.83. The van der Waals surface area contributed by atoms with Crippen molar-refractivity contribution in [2.75, 3.05) is 19.7 Å². The maximum absolute atomic E-state index is 11.4. The predicted octanol–water partition coefficient (Wildman–Crippen LogP) is 0.0764. The Kier molecular flexibility index (Phi) is 4.30. The Bertz CT molecular complexity index is 291. The molecule has 1 fully saturated rings. The van der Waals surface area contributed by atoms with E-state index in [2.05, 4.69) is 6.58 Å². The van der Waals surface area contributed by atoms with E-state index in [9.17, 15) is 14.7 Å². The third kappa shape index (κ3) is 2.96. The largest absolute Gasteiger partial charge is 0.481 e. The van der Waals surface area contributed by atoms with Gasteiger partial charge in [-0.1, -0.05) is 12.7 Å². The summed E-state index contributed by atoms with van der Waals surface area (Å²) in [6, 6.07) is 0. The maximum atomic E-state index is 11.4. The first kappa shape index (κ1) is 12.5. The van der Waals surface area contributed by atoms with E-state index in [-0.39, 0.29) is 26.1 Å². The van der Waals surface area contributed by atoms with Crippen LogP contribution in [-0.4, -0.2) is 53.0 Å². The van der Waals surface area contributed by atoms with Crippen molar-refractivity contribution in [2.45, 2.75) is 12.5 Å². The third-order valence-corrected chi connectivity index (χ3v) is 2.48. The second-order valence-corrected chi connectivity index (χ2v) is 3.61. The Morgan fingerprint density at radius 1 is 1.56 bits per heavy atom. The van der Waals surface area contributed by atoms with Crippen LogP contribution in [0.4, 0.5) is 4.79 Å². The van der Waals surface area contributed by atoms with Gasteiger partial charge in [0.25, 0.3) is 0 Å². The van der Waals surface area contributed by atoms with Crippen molar-refractivity contribution in [3.05, 3.63) is 12.7 Å². The van der Waals surface area contributed by atoms with Crippen LogP contribution in [0.1, 0.15) is 6.42 Å². The predicted molar refractivity (Wildman–Crippen MR) is 54.9 cm³/mol. The van der Waals surface area contributed by atoms with Crippen LogP contribution in [0.5, 0.6) is 0 Å². The van der Waals surface area contributed by atoms with Gasteiger partial charge in [0, 0.05) is 6.54 Å². The molecule has 0 saturated carbocycles. The summed E-state index contributed by atoms with van der Waals surface area (Å²) in [5, 5.41) is 18.3. The summed E-state index contributed by atoms with van der Waals surface area (Å²) in [6.07, 6.45) is 0.0863. The standard InChI is InChI=1S/C10H15NO5/c1-2-5-16-10(15)11-4-3-7(9(13)14)8(12)6-11/h2,7-8,12H,1,3-6H2,(H,13,14)/t7-,8+/m0/s1. The van der Waals surface area contributed by atoms with E-state index >= 15 is 0 Å². The minimum Gasteiger partial charge on any atom is -0.481 e. The summed E-state index contributed by atoms with van der Waals surface area (Å²) in [5.41, 5.74) is 0. The SMILES string of the molecule is C=CCOC(=O)N1CC[C@H](C(=O)O)[C@H](O)C1. The van der Waals surface area contributed by atoms with Gasteiger partial charge in [0.15, 0.2) is 0 Å². The number of carboxylic acids is 1. The molecular weight excluding hydrogens is 214 g/mol. The molecule has 1 amide bonds. The van der Waals surface area contributed by atoms with Gasteiger partial charge in [-0.15, -0.1) is 0 Å². The van der Waals surface area contributed by atoms with Crippen molar-refractivity contribution < 1.29 is 24.5 Å². The van der Waals surface area contributed by atoms with Crippen LogP contribution in [0.3, 0.4) is 0 Å². The normalized spacial score (nSPS) is 24.9. The van der Waals surface area contributed by atoms with E-state index < -0.39 is 24.1 Å². The number of rotatable bonds is 3. The summed E-state index contributed by atoms with van der Waals surface area (Å²) in [6.45, 7) is 3.78. The molecule has 6 heteroatoms. The Morgan fingerprint density at radius 3 is 2.75 bits per heavy atom. The summed E-state index contributed by atoms with van der Waals surface area (Å²) in [4.78, 5) is 23.4. The van der Waals surface area contributed by atoms with Crippen molar-refractivity contribution in [1.82, 2.24) is 4.90 Å². The Hall–Kier alpha value is -1.56. The van der Waals surface area contributed by atoms with E-state index in [1.807, 2.05) is 0 Å². The van der Waals surface area contributed by atoms with Gasteiger partial charge in [-0.25, -0.2) is 4.79 Å². The minimum atomic E-state index is -1.04. The van der Waals surface area contributed by atoms with Crippen molar-refractivity contribution in [1.29, 1.82) is 0 Å². The Balaban J connectivity index is 2.47. The number of piperidine rings is 1. The number of aliphatic carboxylic acids is 1. The van der Waals surface area contributed by atoms with E-state index in [1.54, 1.807) is 0 Å². The fraction of sp³-hybridized carbons (Fsp3) is 0.600. The molecule has 0 aromatic rings. The topological polar surface area (TPSA) is 87.1 Å². The number of carboxylic acid groups (broad SMARTS) is 1. The van der Waals surface area contributed by atoms with Crippen LogP contribution in [0.2, 0.25) is 0 Å². The number of nitrogens with zero attached hydrogens (tertiary/aromatic N) is 1. The van der Waals surface area contributed by atoms with Crippen LogP contribution >= 0.6 is 0 Å². The van der Waals surface area contributed by atoms with E-state index in [1.165, 1.54) is 11.0 Å². The number of likely N-dealkylation sites (tertiary alicyclic amines) is 1. The fourth-order valence-corrected chi connectivity index (χ4v) is 1.61. The average Bonchev–Trinajstić information content (AvgIpc) is 2.25. The van der Waals surface area contributed by atoms with E-state index in [4.69, 9.17) is 9.84 Å². The lowest BCUT2D eigenvalue weighted by Crippen LogP contribution is -2.48. The van der Waals surface area contributed by atoms with Crippen LogP contribution < -0.4 is 0 Å². The highest BCUT2D eigenvalue weighted by atomic mass is 16.6. The summed E-state index contributed by atoms with van der Waals surface area (Å²) >= 11 is 0. The number of hydrogen-bond donors (Lipinski definition) is 2. The number of ether oxygens (including phenoxy) is 1. The molecule has 0 radical (unpaired) electrons. The number of carbonyl (C=O) groups is 2. The number of aliphatic hydroxyl groups is 1. The first-order valence-corrected chi connectivity index (χ1v) is 4.99. The molecule has 0 aromatic heterocycles. The van der Waals surface area contributed by atoms with Crippen molar-refractivity contribution in [3.8, 4) is 0 Å². The van der Waals surface area contributed by atoms with Crippen molar-refractivity contribution in [3.63, 3.8) is 0 Å². The highest BCUT2D eigenvalue weighted by molar-refractivity contribution is 5.72. The zero-order valence-electron chi connectivity index (χ0n) is 8.83. The van der Waals surface area contributed by atoms with E-state index in [0.29, 0.717) is 0 Å². The molecule has 0 unspecified atom stereocenters. The lowest BCUT2D eigenvalue weighted by Gasteiger charge is -2.33. The number of aliphatic hydroxyl groups excluding tert-OH is 1. The molecule has 16 heavy (non-hydrogen) atoms. The molecule has 6 nitrogen and oxygen atoms in total. The van der Waals surface area contributed by atoms with Gasteiger partial charge in [0.05, 0.1) is 18.6 Å². The van der Waals surface area contributed by atoms with Crippen molar-refractivity contribution >= 4 is 12.1 Å². The summed E-state index contributed by atoms with van der Waals surface area (Å²) in [7, 11) is 0. The first-order chi connectivity index (χ1) is 7.56. The lowest BCUT2D eigenvalue weighted by atomic mass is 9.94. The molecule has 0 bridgehead atoms. The average molecular weight is 229 g/mol. The van der Waals surface area contributed by atoms with Crippen LogP contribution in [-0.2, 0) is 9.53 Å². The molecule has 1 aliphatic heterocycles. The number of amides is 1. The van der Waals surface area contributed by atoms with Gasteiger partial charge in [0.2, 0.25) is 0 Å².